The molecule has 76 heavy (non-hydrogen) atoms. The maximum atomic E-state index is 16.2. The van der Waals surface area contributed by atoms with Crippen LogP contribution in [0.25, 0.3) is 21.5 Å². The Balaban J connectivity index is 0.881. The van der Waals surface area contributed by atoms with Gasteiger partial charge in [0.05, 0.1) is 27.4 Å². The summed E-state index contributed by atoms with van der Waals surface area (Å²) >= 11 is 7.98. The number of aryl methyl sites for hydroxylation is 1. The van der Waals surface area contributed by atoms with Crippen LogP contribution in [0.5, 0.6) is 5.75 Å². The third kappa shape index (κ3) is 12.4. The lowest BCUT2D eigenvalue weighted by Gasteiger charge is -2.45. The Morgan fingerprint density at radius 2 is 1.59 bits per heavy atom. The molecule has 0 aliphatic carbocycles. The maximum absolute atomic E-state index is 16.2. The first-order chi connectivity index (χ1) is 35.6. The Morgan fingerprint density at radius 1 is 0.895 bits per heavy atom. The minimum absolute atomic E-state index is 0.00630. The molecule has 3 aliphatic heterocycles. The number of carbonyl (C=O) groups is 5. The molecule has 0 bridgehead atoms. The number of amides is 4. The maximum Gasteiger partial charge on any atom is 0.352 e. The average molecular weight is 1110 g/mol. The van der Waals surface area contributed by atoms with Gasteiger partial charge in [-0.2, -0.15) is 4.31 Å². The number of anilines is 2. The van der Waals surface area contributed by atoms with Gasteiger partial charge in [-0.05, 0) is 135 Å². The number of likely N-dealkylation sites (tertiary alicyclic amines) is 1. The number of esters is 2. The molecule has 5 heterocycles. The summed E-state index contributed by atoms with van der Waals surface area (Å²) in [5, 5.41) is 8.65. The second-order valence-corrected chi connectivity index (χ2v) is 25.5. The molecular weight excluding hydrogens is 1040 g/mol. The number of carbonyl (C=O) groups excluding carboxylic acids is 5. The highest BCUT2D eigenvalue weighted by Crippen LogP contribution is 2.47. The number of rotatable bonds is 13. The third-order valence-corrected chi connectivity index (χ3v) is 17.3. The summed E-state index contributed by atoms with van der Waals surface area (Å²) in [5.74, 6) is -3.57. The number of urea groups is 1. The van der Waals surface area contributed by atoms with Crippen LogP contribution in [-0.2, 0) is 46.7 Å². The molecule has 0 spiro atoms. The van der Waals surface area contributed by atoms with Gasteiger partial charge in [0.1, 0.15) is 22.3 Å². The van der Waals surface area contributed by atoms with E-state index >= 15 is 4.39 Å². The molecule has 5 aromatic rings. The minimum Gasteiger partial charge on any atom is -0.479 e. The fraction of sp³-hybridized carbons (Fsp3) is 0.481. The van der Waals surface area contributed by atoms with Gasteiger partial charge < -0.3 is 29.7 Å². The normalized spacial score (nSPS) is 18.8. The molecule has 2 aromatic heterocycles. The van der Waals surface area contributed by atoms with Crippen LogP contribution in [0.3, 0.4) is 0 Å². The van der Waals surface area contributed by atoms with Crippen molar-refractivity contribution in [2.45, 2.75) is 134 Å². The molecule has 3 saturated heterocycles. The summed E-state index contributed by atoms with van der Waals surface area (Å²) in [5.41, 5.74) is 0.541. The highest BCUT2D eigenvalue weighted by atomic mass is 35.5. The number of thiophene rings is 1. The third-order valence-electron chi connectivity index (χ3n) is 13.6. The Morgan fingerprint density at radius 3 is 2.26 bits per heavy atom. The predicted molar refractivity (Wildman–Crippen MR) is 289 cm³/mol. The summed E-state index contributed by atoms with van der Waals surface area (Å²) in [6, 6.07) is 15.9. The second kappa shape index (κ2) is 21.6. The van der Waals surface area contributed by atoms with E-state index in [1.807, 2.05) is 56.3 Å². The van der Waals surface area contributed by atoms with E-state index in [0.29, 0.717) is 65.9 Å². The zero-order valence-corrected chi connectivity index (χ0v) is 46.5. The summed E-state index contributed by atoms with van der Waals surface area (Å²) < 4.78 is 65.8. The highest BCUT2D eigenvalue weighted by molar-refractivity contribution is 7.88. The summed E-state index contributed by atoms with van der Waals surface area (Å²) in [6.45, 7) is 14.4. The molecule has 0 saturated carbocycles. The molecule has 2 unspecified atom stereocenters. The smallest absolute Gasteiger partial charge is 0.352 e. The molecule has 3 fully saturated rings. The first kappa shape index (κ1) is 55.9. The molecule has 0 radical (unpaired) electrons. The van der Waals surface area contributed by atoms with Gasteiger partial charge in [0.15, 0.2) is 23.1 Å². The van der Waals surface area contributed by atoms with Crippen LogP contribution >= 0.6 is 22.9 Å². The van der Waals surface area contributed by atoms with Crippen LogP contribution in [0.4, 0.5) is 20.6 Å². The van der Waals surface area contributed by atoms with Gasteiger partial charge in [-0.25, -0.2) is 32.0 Å². The highest BCUT2D eigenvalue weighted by Gasteiger charge is 2.42. The number of nitrogens with one attached hydrogen (secondary N) is 3. The number of imidazole rings is 1. The Hall–Kier alpha value is -6.29. The monoisotopic (exact) mass is 1110 g/mol. The van der Waals surface area contributed by atoms with E-state index in [4.69, 9.17) is 25.8 Å². The number of aromatic nitrogens is 2. The number of fused-ring (bicyclic) bond motifs is 1. The fourth-order valence-corrected chi connectivity index (χ4v) is 13.6. The molecule has 2 atom stereocenters. The van der Waals surface area contributed by atoms with Crippen LogP contribution in [0, 0.1) is 5.82 Å². The number of nitrogens with zero attached hydrogens (tertiary/aromatic N) is 4. The first-order valence-corrected chi connectivity index (χ1v) is 28.0. The molecule has 22 heteroatoms. The largest absolute Gasteiger partial charge is 0.479 e. The van der Waals surface area contributed by atoms with Crippen LogP contribution in [0.1, 0.15) is 127 Å². The number of imide groups is 1. The Bertz CT molecular complexity index is 3280. The number of sulfonamides is 1. The van der Waals surface area contributed by atoms with Crippen molar-refractivity contribution in [1.82, 2.24) is 23.7 Å². The summed E-state index contributed by atoms with van der Waals surface area (Å²) in [6.07, 6.45) is 2.39. The number of piperidine rings is 3. The van der Waals surface area contributed by atoms with Crippen LogP contribution in [-0.4, -0.2) is 106 Å². The summed E-state index contributed by atoms with van der Waals surface area (Å²) in [4.78, 5) is 79.4. The number of hydrogen-bond acceptors (Lipinski definition) is 13. The number of hydrogen-bond donors (Lipinski definition) is 3. The molecule has 8 rings (SSSR count). The average Bonchev–Trinajstić information content (AvgIpc) is 3.79. The quantitative estimate of drug-likeness (QED) is 0.0743. The van der Waals surface area contributed by atoms with Crippen molar-refractivity contribution in [2.75, 3.05) is 36.9 Å². The molecule has 3 aliphatic rings. The van der Waals surface area contributed by atoms with Gasteiger partial charge in [0.2, 0.25) is 21.8 Å². The lowest BCUT2D eigenvalue weighted by Crippen LogP contribution is -2.55. The number of benzene rings is 3. The van der Waals surface area contributed by atoms with Gasteiger partial charge in [0.25, 0.3) is 0 Å². The Labute approximate surface area is 450 Å². The summed E-state index contributed by atoms with van der Waals surface area (Å²) in [7, 11) is -2.44. The van der Waals surface area contributed by atoms with Crippen LogP contribution < -0.4 is 26.4 Å². The van der Waals surface area contributed by atoms with Crippen molar-refractivity contribution < 1.29 is 51.0 Å². The fourth-order valence-electron chi connectivity index (χ4n) is 10.2. The molecular formula is C54H65ClFN7O11S2. The van der Waals surface area contributed by atoms with Crippen molar-refractivity contribution in [3.05, 3.63) is 98.0 Å². The molecule has 3 N–H and O–H groups in total. The van der Waals surface area contributed by atoms with Crippen molar-refractivity contribution >= 4 is 85.2 Å². The topological polar surface area (TPSA) is 217 Å². The van der Waals surface area contributed by atoms with Crippen molar-refractivity contribution in [2.24, 2.45) is 7.05 Å². The molecule has 3 aromatic carbocycles. The lowest BCUT2D eigenvalue weighted by atomic mass is 9.89. The van der Waals surface area contributed by atoms with Crippen molar-refractivity contribution in [3.8, 4) is 16.2 Å². The van der Waals surface area contributed by atoms with Gasteiger partial charge in [-0.15, -0.1) is 11.3 Å². The predicted octanol–water partition coefficient (Wildman–Crippen LogP) is 9.11. The van der Waals surface area contributed by atoms with E-state index in [-0.39, 0.29) is 69.8 Å². The van der Waals surface area contributed by atoms with E-state index in [2.05, 4.69) is 16.0 Å². The molecule has 408 valence electrons. The minimum atomic E-state index is -4.08. The lowest BCUT2D eigenvalue weighted by molar-refractivity contribution is -0.157. The van der Waals surface area contributed by atoms with E-state index in [9.17, 15) is 37.2 Å². The SMILES string of the molecule is Cn1c(=O)n(C2CCC(=O)NC2=O)c2ccc(C3CCN(C(=O)Nc4cccc(CS(=O)(=O)N5CCC(Nc6cccc(-c7sc(C(=O)OC(C)(C)C)c(OCC(=O)OC(C)(C)C)c7Cl)c6)CC5(C)C)c4F)CC3)cc21. The van der Waals surface area contributed by atoms with Crippen molar-refractivity contribution in [1.29, 1.82) is 0 Å². The standard InChI is InChI=1S/C54H65ClFN7O11S2/c1-52(2,3)73-42(65)29-72-45-43(55)46(75-47(45)49(67)74-53(4,5)6)33-12-10-14-35(26-33)57-36-22-25-62(54(7,8)28-36)76(70,71)30-34-13-11-15-37(44(34)56)58-50(68)61-23-20-31(21-24-61)32-16-17-38-40(27-32)60(9)51(69)63(38)39-18-19-41(64)59-48(39)66/h10-17,26-27,31,36,39,57H,18-25,28-30H2,1-9H3,(H,58,68)(H,59,64,66). The first-order valence-electron chi connectivity index (χ1n) is 25.2. The van der Waals surface area contributed by atoms with Gasteiger partial charge in [-0.1, -0.05) is 41.9 Å². The zero-order chi connectivity index (χ0) is 55.2. The van der Waals surface area contributed by atoms with Crippen molar-refractivity contribution in [3.63, 3.8) is 0 Å². The van der Waals surface area contributed by atoms with E-state index in [1.54, 1.807) is 53.5 Å². The number of ether oxygens (including phenoxy) is 3. The van der Waals surface area contributed by atoms with E-state index in [1.165, 1.54) is 31.6 Å². The van der Waals surface area contributed by atoms with Crippen LogP contribution in [0.2, 0.25) is 5.02 Å². The number of halogens is 2. The van der Waals surface area contributed by atoms with Crippen LogP contribution in [0.15, 0.2) is 65.5 Å². The zero-order valence-electron chi connectivity index (χ0n) is 44.1. The Kier molecular flexibility index (Phi) is 15.9. The van der Waals surface area contributed by atoms with Gasteiger partial charge >= 0.3 is 23.7 Å². The van der Waals surface area contributed by atoms with E-state index < -0.39 is 74.9 Å². The second-order valence-electron chi connectivity index (χ2n) is 22.2. The molecule has 4 amide bonds. The van der Waals surface area contributed by atoms with Gasteiger partial charge in [0, 0.05) is 55.9 Å². The van der Waals surface area contributed by atoms with Gasteiger partial charge in [-0.3, -0.25) is 24.0 Å². The van der Waals surface area contributed by atoms with E-state index in [0.717, 1.165) is 16.9 Å². The molecule has 18 nitrogen and oxygen atoms in total.